The van der Waals surface area contributed by atoms with E-state index in [2.05, 4.69) is 415 Å². The number of para-hydroxylation sites is 3. The van der Waals surface area contributed by atoms with Gasteiger partial charge in [0, 0.05) is 71.5 Å². The van der Waals surface area contributed by atoms with Crippen molar-refractivity contribution in [3.8, 4) is 78.4 Å². The summed E-state index contributed by atoms with van der Waals surface area (Å²) >= 11 is 10.5. The number of aromatic nitrogens is 3. The third-order valence-electron chi connectivity index (χ3n) is 18.7. The number of alkyl halides is 1. The van der Waals surface area contributed by atoms with Crippen LogP contribution in [0.5, 0.6) is 5.75 Å². The number of nitrogens with zero attached hydrogens (tertiary/aromatic N) is 4. The van der Waals surface area contributed by atoms with Crippen LogP contribution in [0.1, 0.15) is 14.2 Å². The Morgan fingerprint density at radius 1 is 0.352 bits per heavy atom. The van der Waals surface area contributed by atoms with Crippen LogP contribution in [-0.2, 0) is 4.74 Å². The van der Waals surface area contributed by atoms with Crippen molar-refractivity contribution in [2.75, 3.05) is 20.4 Å². The van der Waals surface area contributed by atoms with Gasteiger partial charge in [0.05, 0.1) is 47.4 Å². The largest absolute Gasteiger partial charge is 0.309 e. The van der Waals surface area contributed by atoms with Gasteiger partial charge in [0.1, 0.15) is 0 Å². The maximum atomic E-state index is 9.96. The first-order valence-corrected chi connectivity index (χ1v) is 37.4. The van der Waals surface area contributed by atoms with Gasteiger partial charge in [-0.15, -0.1) is 0 Å². The molecule has 1 saturated heterocycles. The number of thiol groups is 1. The number of rotatable bonds is 10. The average Bonchev–Trinajstić information content (AvgIpc) is 1.61. The van der Waals surface area contributed by atoms with Gasteiger partial charge in [-0.25, -0.2) is 0 Å². The Morgan fingerprint density at radius 3 is 0.907 bits per heavy atom. The van der Waals surface area contributed by atoms with E-state index in [9.17, 15) is 4.39 Å². The normalized spacial score (nSPS) is 11.4. The van der Waals surface area contributed by atoms with Crippen LogP contribution in [0.15, 0.2) is 389 Å². The molecule has 3 aromatic heterocycles. The summed E-state index contributed by atoms with van der Waals surface area (Å²) in [5, 5.41) is 15.8. The van der Waals surface area contributed by atoms with Crippen LogP contribution >= 0.6 is 44.7 Å². The molecular formula is C95H75B2Br2FN4O3S. The molecule has 4 heterocycles. The van der Waals surface area contributed by atoms with Crippen LogP contribution in [-0.4, -0.2) is 54.4 Å². The fourth-order valence-corrected chi connectivity index (χ4v) is 14.5. The minimum Gasteiger partial charge on any atom is -0.309 e. The van der Waals surface area contributed by atoms with Crippen molar-refractivity contribution >= 4 is 125 Å². The van der Waals surface area contributed by atoms with Gasteiger partial charge in [-0.1, -0.05) is 287 Å². The Bertz CT molecular complexity index is 5940. The molecule has 0 aliphatic carbocycles. The molecule has 108 heavy (non-hydrogen) atoms. The molecule has 0 atom stereocenters. The number of hydrogen-bond donors (Lipinski definition) is 2. The van der Waals surface area contributed by atoms with Crippen molar-refractivity contribution in [2.24, 2.45) is 4.30 Å². The molecule has 0 amide bonds. The molecule has 18 aromatic rings. The third-order valence-corrected chi connectivity index (χ3v) is 19.7. The van der Waals surface area contributed by atoms with Crippen molar-refractivity contribution in [1.29, 1.82) is 0 Å². The summed E-state index contributed by atoms with van der Waals surface area (Å²) in [5.74, 6) is 0.639. The molecule has 526 valence electrons. The molecule has 1 aliphatic rings. The number of hydrogen-bond acceptors (Lipinski definition) is 5. The molecule has 1 N–H and O–H groups in total. The SMILES string of the molecule is Brc1ccc2c(c1)c1cc(-c3ccccc3)ccc1n2-c1ccc(-c2ccccc2)cc1.Brc1ccc2c(c1)c1ccccc1n2-c1ccc(-c2ccccc2)cc1.C1CCOC1.O[B]Oc1ccccc1.[2H]CF.[B]=NS.c1ccc(-c2ccc(-n3c4ccccc4c4cc(-c5ccccc5)ccc43)cc2)cc1. The molecule has 0 spiro atoms. The second kappa shape index (κ2) is 37.2. The van der Waals surface area contributed by atoms with E-state index in [4.69, 9.17) is 11.1 Å². The van der Waals surface area contributed by atoms with Gasteiger partial charge >= 0.3 is 32.4 Å². The van der Waals surface area contributed by atoms with Crippen LogP contribution in [0.2, 0.25) is 0 Å². The van der Waals surface area contributed by atoms with Gasteiger partial charge in [0.15, 0.2) is 0 Å². The second-order valence-electron chi connectivity index (χ2n) is 25.3. The van der Waals surface area contributed by atoms with Gasteiger partial charge in [-0.2, -0.15) is 0 Å². The van der Waals surface area contributed by atoms with E-state index < -0.39 is 7.15 Å². The molecule has 13 heteroatoms. The molecule has 19 rings (SSSR count). The van der Waals surface area contributed by atoms with Crippen molar-refractivity contribution in [1.82, 2.24) is 13.7 Å². The zero-order valence-corrected chi connectivity index (χ0v) is 63.2. The van der Waals surface area contributed by atoms with Crippen molar-refractivity contribution < 1.29 is 20.2 Å². The fourth-order valence-electron chi connectivity index (χ4n) is 13.7. The van der Waals surface area contributed by atoms with Gasteiger partial charge in [0.2, 0.25) is 0 Å². The number of ether oxygens (including phenoxy) is 1. The number of benzene rings is 15. The smallest absolute Gasteiger partial charge is 0.0541 e. The minimum atomic E-state index is -1.00. The predicted octanol–water partition coefficient (Wildman–Crippen LogP) is 26.4. The Morgan fingerprint density at radius 2 is 0.593 bits per heavy atom. The fraction of sp³-hybridized carbons (Fsp3) is 0.0526. The average molecular weight is 1550 g/mol. The van der Waals surface area contributed by atoms with Crippen LogP contribution in [0.4, 0.5) is 4.39 Å². The molecule has 1 fully saturated rings. The zero-order chi connectivity index (χ0) is 75.1. The summed E-state index contributed by atoms with van der Waals surface area (Å²) in [6, 6.07) is 132. The number of fused-ring (bicyclic) bond motifs is 9. The monoisotopic (exact) mass is 1550 g/mol. The quantitative estimate of drug-likeness (QED) is 0.106. The van der Waals surface area contributed by atoms with E-state index in [0.29, 0.717) is 13.4 Å². The summed E-state index contributed by atoms with van der Waals surface area (Å²) < 4.78 is 37.0. The third kappa shape index (κ3) is 17.7. The van der Waals surface area contributed by atoms with Crippen LogP contribution in [0.3, 0.4) is 0 Å². The molecule has 1 aliphatic heterocycles. The van der Waals surface area contributed by atoms with Gasteiger partial charge in [-0.3, -0.25) is 4.39 Å². The molecular weight excluding hydrogens is 1480 g/mol. The first-order valence-electron chi connectivity index (χ1n) is 36.1. The second-order valence-corrected chi connectivity index (χ2v) is 27.3. The molecule has 2 radical (unpaired) electrons. The van der Waals surface area contributed by atoms with E-state index in [1.807, 2.05) is 24.3 Å². The number of halogens is 3. The van der Waals surface area contributed by atoms with Gasteiger partial charge in [0.25, 0.3) is 0 Å². The Kier molecular flexibility index (Phi) is 25.3. The van der Waals surface area contributed by atoms with Crippen molar-refractivity contribution in [2.45, 2.75) is 12.8 Å². The summed E-state index contributed by atoms with van der Waals surface area (Å²) in [5.41, 5.74) is 23.2. The Hall–Kier alpha value is -11.4. The van der Waals surface area contributed by atoms with Crippen LogP contribution in [0.25, 0.3) is 138 Å². The van der Waals surface area contributed by atoms with Crippen LogP contribution < -0.4 is 4.65 Å². The van der Waals surface area contributed by atoms with Gasteiger partial charge in [-0.05, 0) is 190 Å². The van der Waals surface area contributed by atoms with Crippen LogP contribution in [0, 0.1) is 0 Å². The first kappa shape index (κ1) is 73.5. The molecule has 0 saturated carbocycles. The molecule has 0 unspecified atom stereocenters. The molecule has 0 bridgehead atoms. The van der Waals surface area contributed by atoms with E-state index in [0.717, 1.165) is 22.2 Å². The summed E-state index contributed by atoms with van der Waals surface area (Å²) in [6.07, 6.45) is 2.56. The minimum absolute atomic E-state index is 0.639. The Balaban J connectivity index is 0.000000128. The van der Waals surface area contributed by atoms with Crippen molar-refractivity contribution in [3.63, 3.8) is 0 Å². The van der Waals surface area contributed by atoms with E-state index in [-0.39, 0.29) is 0 Å². The van der Waals surface area contributed by atoms with Crippen molar-refractivity contribution in [3.05, 3.63) is 385 Å². The maximum absolute atomic E-state index is 9.96. The first-order chi connectivity index (χ1) is 53.7. The molecule has 15 aromatic carbocycles. The Labute approximate surface area is 655 Å². The summed E-state index contributed by atoms with van der Waals surface area (Å²) in [7, 11) is 4.00. The maximum Gasteiger partial charge on any atom is 0.0541 e. The van der Waals surface area contributed by atoms with E-state index in [1.54, 1.807) is 12.1 Å². The standard InChI is InChI=1S/C30H20BrN.C30H21N.C24H16BrN.C6H6BO2.C4H8O.CH3F.BHNS/c31-25-14-18-30-28(20-25)27-19-24(22-9-5-2-6-10-22)13-17-29(27)32(30)26-15-11-23(12-16-26)21-7-3-1-4-8-21;1-3-9-22(10-4-1)24-15-18-26(19-16-24)31-29-14-8-7-13-27(29)28-21-25(17-20-30(28)31)23-11-5-2-6-12-23;25-19-12-15-24-22(16-19)21-8-4-5-9-23(21)26(24)20-13-10-18(11-14-20)17-6-2-1-3-7-17;8-7-9-6-4-2-1-3-5-6;1-2-4-5-3-1;1-2;1-2-3/h1-20H;1-21H;1-16H;1-5,8H;1-4H2;1H3;3H/i;;;;;1D;. The van der Waals surface area contributed by atoms with E-state index >= 15 is 0 Å². The van der Waals surface area contributed by atoms with Gasteiger partial charge < -0.3 is 28.1 Å². The van der Waals surface area contributed by atoms with E-state index in [1.165, 1.54) is 151 Å². The topological polar surface area (TPSA) is 65.8 Å². The summed E-state index contributed by atoms with van der Waals surface area (Å²) in [6.45, 7) is 2.00. The summed E-state index contributed by atoms with van der Waals surface area (Å²) in [4.78, 5) is 0. The predicted molar refractivity (Wildman–Crippen MR) is 464 cm³/mol. The molecule has 7 nitrogen and oxygen atoms in total. The zero-order valence-electron chi connectivity index (χ0n) is 60.1.